The molecular weight excluding hydrogens is 198 g/mol. The zero-order valence-electron chi connectivity index (χ0n) is 7.72. The van der Waals surface area contributed by atoms with Gasteiger partial charge >= 0.3 is 0 Å². The van der Waals surface area contributed by atoms with E-state index in [1.54, 1.807) is 11.8 Å². The lowest BCUT2D eigenvalue weighted by atomic mass is 10.3. The zero-order valence-corrected chi connectivity index (χ0v) is 8.54. The van der Waals surface area contributed by atoms with Gasteiger partial charge in [-0.25, -0.2) is 0 Å². The average molecular weight is 211 g/mol. The number of thioether (sulfide) groups is 1. The van der Waals surface area contributed by atoms with Gasteiger partial charge in [0.05, 0.1) is 24.6 Å². The molecule has 0 radical (unpaired) electrons. The maximum Gasteiger partial charge on any atom is 0.0917 e. The number of nitrogens with two attached hydrogens (primary N) is 1. The third kappa shape index (κ3) is 2.03. The molecule has 0 unspecified atom stereocenters. The number of ether oxygens (including phenoxy) is 1. The first kappa shape index (κ1) is 9.83. The van der Waals surface area contributed by atoms with E-state index in [9.17, 15) is 5.11 Å². The molecule has 3 nitrogen and oxygen atoms in total. The lowest BCUT2D eigenvalue weighted by Crippen LogP contribution is -2.19. The van der Waals surface area contributed by atoms with Crippen molar-refractivity contribution in [3.8, 4) is 0 Å². The van der Waals surface area contributed by atoms with E-state index in [1.807, 2.05) is 24.3 Å². The first-order chi connectivity index (χ1) is 6.77. The van der Waals surface area contributed by atoms with E-state index in [0.717, 1.165) is 10.6 Å². The van der Waals surface area contributed by atoms with Crippen LogP contribution in [0.1, 0.15) is 0 Å². The fourth-order valence-electron chi connectivity index (χ4n) is 1.39. The second kappa shape index (κ2) is 4.21. The van der Waals surface area contributed by atoms with Crippen LogP contribution in [0.15, 0.2) is 29.2 Å². The molecule has 14 heavy (non-hydrogen) atoms. The van der Waals surface area contributed by atoms with Gasteiger partial charge in [0.2, 0.25) is 0 Å². The van der Waals surface area contributed by atoms with Crippen molar-refractivity contribution in [3.63, 3.8) is 0 Å². The monoisotopic (exact) mass is 211 g/mol. The molecule has 0 amide bonds. The number of anilines is 1. The Bertz CT molecular complexity index is 319. The van der Waals surface area contributed by atoms with Crippen LogP contribution in [0.4, 0.5) is 5.69 Å². The second-order valence-corrected chi connectivity index (χ2v) is 4.58. The first-order valence-corrected chi connectivity index (χ1v) is 5.42. The molecule has 1 aliphatic heterocycles. The van der Waals surface area contributed by atoms with Gasteiger partial charge in [0.1, 0.15) is 0 Å². The second-order valence-electron chi connectivity index (χ2n) is 3.30. The summed E-state index contributed by atoms with van der Waals surface area (Å²) in [6.45, 7) is 1.03. The molecule has 0 aliphatic carbocycles. The standard InChI is InChI=1S/C10H13NO2S/c11-7-3-1-2-4-9(7)14-10-6-13-5-8(10)12/h1-4,8,10,12H,5-6,11H2/t8-,10-/m1/s1. The molecule has 2 rings (SSSR count). The zero-order chi connectivity index (χ0) is 9.97. The predicted molar refractivity (Wildman–Crippen MR) is 57.3 cm³/mol. The lowest BCUT2D eigenvalue weighted by molar-refractivity contribution is 0.127. The molecule has 1 aromatic rings. The van der Waals surface area contributed by atoms with Crippen molar-refractivity contribution in [1.29, 1.82) is 0 Å². The maximum absolute atomic E-state index is 9.55. The highest BCUT2D eigenvalue weighted by atomic mass is 32.2. The van der Waals surface area contributed by atoms with Crippen LogP contribution in [0.5, 0.6) is 0 Å². The lowest BCUT2D eigenvalue weighted by Gasteiger charge is -2.12. The highest BCUT2D eigenvalue weighted by Gasteiger charge is 2.27. The molecule has 1 aliphatic rings. The summed E-state index contributed by atoms with van der Waals surface area (Å²) in [4.78, 5) is 1.02. The normalized spacial score (nSPS) is 26.6. The van der Waals surface area contributed by atoms with Gasteiger partial charge in [-0.2, -0.15) is 0 Å². The van der Waals surface area contributed by atoms with Crippen molar-refractivity contribution < 1.29 is 9.84 Å². The number of para-hydroxylation sites is 1. The van der Waals surface area contributed by atoms with Gasteiger partial charge < -0.3 is 15.6 Å². The van der Waals surface area contributed by atoms with E-state index in [4.69, 9.17) is 10.5 Å². The summed E-state index contributed by atoms with van der Waals surface area (Å²) >= 11 is 1.59. The molecule has 3 N–H and O–H groups in total. The molecule has 4 heteroatoms. The largest absolute Gasteiger partial charge is 0.398 e. The van der Waals surface area contributed by atoms with Crippen LogP contribution in [0, 0.1) is 0 Å². The Morgan fingerprint density at radius 1 is 1.36 bits per heavy atom. The van der Waals surface area contributed by atoms with Crippen molar-refractivity contribution in [1.82, 2.24) is 0 Å². The summed E-state index contributed by atoms with van der Waals surface area (Å²) in [6, 6.07) is 7.68. The fourth-order valence-corrected chi connectivity index (χ4v) is 2.47. The van der Waals surface area contributed by atoms with Crippen LogP contribution in [0.2, 0.25) is 0 Å². The highest BCUT2D eigenvalue weighted by molar-refractivity contribution is 8.00. The molecule has 0 aromatic heterocycles. The van der Waals surface area contributed by atoms with Crippen LogP contribution < -0.4 is 5.73 Å². The molecular formula is C10H13NO2S. The summed E-state index contributed by atoms with van der Waals surface area (Å²) in [7, 11) is 0. The maximum atomic E-state index is 9.55. The Balaban J connectivity index is 2.07. The Morgan fingerprint density at radius 2 is 2.14 bits per heavy atom. The van der Waals surface area contributed by atoms with Crippen molar-refractivity contribution in [2.24, 2.45) is 0 Å². The number of nitrogen functional groups attached to an aromatic ring is 1. The first-order valence-electron chi connectivity index (χ1n) is 4.54. The van der Waals surface area contributed by atoms with Crippen molar-refractivity contribution in [3.05, 3.63) is 24.3 Å². The van der Waals surface area contributed by atoms with Gasteiger partial charge in [0, 0.05) is 10.6 Å². The minimum absolute atomic E-state index is 0.111. The Kier molecular flexibility index (Phi) is 2.96. The van der Waals surface area contributed by atoms with E-state index in [1.165, 1.54) is 0 Å². The van der Waals surface area contributed by atoms with Crippen molar-refractivity contribution >= 4 is 17.4 Å². The van der Waals surface area contributed by atoms with E-state index < -0.39 is 0 Å². The molecule has 1 aromatic carbocycles. The Morgan fingerprint density at radius 3 is 2.79 bits per heavy atom. The van der Waals surface area contributed by atoms with Crippen LogP contribution in [-0.2, 0) is 4.74 Å². The molecule has 0 saturated carbocycles. The van der Waals surface area contributed by atoms with Crippen LogP contribution in [0.3, 0.4) is 0 Å². The average Bonchev–Trinajstić information content (AvgIpc) is 2.56. The van der Waals surface area contributed by atoms with Crippen molar-refractivity contribution in [2.75, 3.05) is 18.9 Å². The van der Waals surface area contributed by atoms with E-state index in [-0.39, 0.29) is 11.4 Å². The minimum atomic E-state index is -0.375. The molecule has 1 saturated heterocycles. The smallest absolute Gasteiger partial charge is 0.0917 e. The van der Waals surface area contributed by atoms with Crippen molar-refractivity contribution in [2.45, 2.75) is 16.2 Å². The van der Waals surface area contributed by atoms with E-state index in [0.29, 0.717) is 13.2 Å². The summed E-state index contributed by atoms with van der Waals surface area (Å²) in [6.07, 6.45) is -0.375. The van der Waals surface area contributed by atoms with Gasteiger partial charge in [0.15, 0.2) is 0 Å². The minimum Gasteiger partial charge on any atom is -0.398 e. The van der Waals surface area contributed by atoms with Gasteiger partial charge in [-0.3, -0.25) is 0 Å². The summed E-state index contributed by atoms with van der Waals surface area (Å²) in [5.41, 5.74) is 6.56. The number of hydrogen-bond acceptors (Lipinski definition) is 4. The Labute approximate surface area is 87.3 Å². The van der Waals surface area contributed by atoms with E-state index in [2.05, 4.69) is 0 Å². The third-order valence-electron chi connectivity index (χ3n) is 2.20. The molecule has 76 valence electrons. The number of hydrogen-bond donors (Lipinski definition) is 2. The third-order valence-corrected chi connectivity index (χ3v) is 3.58. The van der Waals surface area contributed by atoms with Gasteiger partial charge in [-0.05, 0) is 12.1 Å². The summed E-state index contributed by atoms with van der Waals surface area (Å²) in [5.74, 6) is 0. The van der Waals surface area contributed by atoms with Crippen LogP contribution in [-0.4, -0.2) is 29.7 Å². The van der Waals surface area contributed by atoms with Gasteiger partial charge in [0.25, 0.3) is 0 Å². The summed E-state index contributed by atoms with van der Waals surface area (Å²) in [5, 5.41) is 9.67. The molecule has 1 fully saturated rings. The number of benzene rings is 1. The van der Waals surface area contributed by atoms with Crippen LogP contribution >= 0.6 is 11.8 Å². The molecule has 0 bridgehead atoms. The highest BCUT2D eigenvalue weighted by Crippen LogP contribution is 2.32. The van der Waals surface area contributed by atoms with Gasteiger partial charge in [-0.1, -0.05) is 12.1 Å². The predicted octanol–water partition coefficient (Wildman–Crippen LogP) is 1.12. The molecule has 2 atom stereocenters. The van der Waals surface area contributed by atoms with Crippen LogP contribution in [0.25, 0.3) is 0 Å². The fraction of sp³-hybridized carbons (Fsp3) is 0.400. The number of rotatable bonds is 2. The Hall–Kier alpha value is -0.710. The topological polar surface area (TPSA) is 55.5 Å². The molecule has 1 heterocycles. The SMILES string of the molecule is Nc1ccccc1S[C@@H]1COC[C@H]1O. The number of aliphatic hydroxyl groups excluding tert-OH is 1. The summed E-state index contributed by atoms with van der Waals surface area (Å²) < 4.78 is 5.17. The quantitative estimate of drug-likeness (QED) is 0.720. The number of aliphatic hydroxyl groups is 1. The van der Waals surface area contributed by atoms with E-state index >= 15 is 0 Å². The van der Waals surface area contributed by atoms with Gasteiger partial charge in [-0.15, -0.1) is 11.8 Å². The molecule has 0 spiro atoms.